The van der Waals surface area contributed by atoms with Gasteiger partial charge in [-0.25, -0.2) is 0 Å². The molecule has 1 aliphatic carbocycles. The second-order valence-corrected chi connectivity index (χ2v) is 7.68. The van der Waals surface area contributed by atoms with E-state index < -0.39 is 0 Å². The number of Topliss-reactive ketones (excluding diaryl/α,β-unsaturated/α-hetero) is 1. The Balaban J connectivity index is 1.82. The van der Waals surface area contributed by atoms with Gasteiger partial charge in [0.15, 0.2) is 5.78 Å². The Labute approximate surface area is 143 Å². The van der Waals surface area contributed by atoms with Crippen molar-refractivity contribution in [3.63, 3.8) is 0 Å². The van der Waals surface area contributed by atoms with E-state index in [-0.39, 0.29) is 11.2 Å². The minimum atomic E-state index is 0.0259. The summed E-state index contributed by atoms with van der Waals surface area (Å²) in [6.07, 6.45) is 5.52. The highest BCUT2D eigenvalue weighted by atomic mass is 16.1. The summed E-state index contributed by atoms with van der Waals surface area (Å²) in [5.74, 6) is 0.241. The van der Waals surface area contributed by atoms with E-state index in [4.69, 9.17) is 4.98 Å². The summed E-state index contributed by atoms with van der Waals surface area (Å²) in [6, 6.07) is 7.88. The highest BCUT2D eigenvalue weighted by molar-refractivity contribution is 5.84. The maximum atomic E-state index is 12.2. The second kappa shape index (κ2) is 6.71. The molecule has 2 aromatic heterocycles. The summed E-state index contributed by atoms with van der Waals surface area (Å²) < 4.78 is 0. The molecular weight excluding hydrogens is 298 g/mol. The molecule has 0 atom stereocenters. The maximum absolute atomic E-state index is 12.2. The Morgan fingerprint density at radius 3 is 2.75 bits per heavy atom. The van der Waals surface area contributed by atoms with Crippen LogP contribution in [0.25, 0.3) is 11.4 Å². The predicted octanol–water partition coefficient (Wildman–Crippen LogP) is 4.05. The van der Waals surface area contributed by atoms with Crippen LogP contribution in [0.15, 0.2) is 30.5 Å². The van der Waals surface area contributed by atoms with Gasteiger partial charge in [0.1, 0.15) is 0 Å². The fraction of sp³-hybridized carbons (Fsp3) is 0.450. The molecule has 1 aliphatic rings. The lowest BCUT2D eigenvalue weighted by atomic mass is 9.90. The van der Waals surface area contributed by atoms with Crippen molar-refractivity contribution >= 4 is 11.5 Å². The zero-order valence-electron chi connectivity index (χ0n) is 14.7. The number of hydrogen-bond donors (Lipinski definition) is 1. The Bertz CT molecular complexity index is 733. The molecule has 4 heteroatoms. The number of rotatable bonds is 5. The highest BCUT2D eigenvalue weighted by Crippen LogP contribution is 2.31. The van der Waals surface area contributed by atoms with E-state index in [2.05, 4.69) is 31.1 Å². The van der Waals surface area contributed by atoms with Crippen molar-refractivity contribution in [3.05, 3.63) is 41.7 Å². The number of aromatic nitrogens is 2. The average Bonchev–Trinajstić information content (AvgIpc) is 3.00. The fourth-order valence-electron chi connectivity index (χ4n) is 3.19. The molecule has 0 amide bonds. The number of pyridine rings is 2. The summed E-state index contributed by atoms with van der Waals surface area (Å²) in [7, 11) is 0. The second-order valence-electron chi connectivity index (χ2n) is 7.68. The van der Waals surface area contributed by atoms with E-state index in [0.717, 1.165) is 42.0 Å². The van der Waals surface area contributed by atoms with Crippen molar-refractivity contribution in [1.82, 2.24) is 9.97 Å². The number of nitrogens with zero attached hydrogens (tertiary/aromatic N) is 2. The Kier molecular flexibility index (Phi) is 4.65. The lowest BCUT2D eigenvalue weighted by Crippen LogP contribution is -2.20. The van der Waals surface area contributed by atoms with Gasteiger partial charge in [0, 0.05) is 24.0 Å². The molecule has 3 rings (SSSR count). The maximum Gasteiger partial charge on any atom is 0.152 e. The number of fused-ring (bicyclic) bond motifs is 1. The van der Waals surface area contributed by atoms with E-state index in [1.807, 2.05) is 24.3 Å². The monoisotopic (exact) mass is 323 g/mol. The highest BCUT2D eigenvalue weighted by Gasteiger charge is 2.20. The molecule has 4 nitrogen and oxygen atoms in total. The predicted molar refractivity (Wildman–Crippen MR) is 97.1 cm³/mol. The largest absolute Gasteiger partial charge is 0.378 e. The molecule has 0 unspecified atom stereocenters. The molecule has 0 bridgehead atoms. The third-order valence-corrected chi connectivity index (χ3v) is 4.18. The number of carbonyl (C=O) groups is 1. The minimum Gasteiger partial charge on any atom is -0.378 e. The summed E-state index contributed by atoms with van der Waals surface area (Å²) in [4.78, 5) is 21.4. The van der Waals surface area contributed by atoms with Crippen LogP contribution >= 0.6 is 0 Å². The fourth-order valence-corrected chi connectivity index (χ4v) is 3.19. The van der Waals surface area contributed by atoms with Crippen molar-refractivity contribution in [2.75, 3.05) is 11.9 Å². The van der Waals surface area contributed by atoms with Crippen LogP contribution in [-0.4, -0.2) is 22.3 Å². The van der Waals surface area contributed by atoms with Crippen molar-refractivity contribution < 1.29 is 4.79 Å². The normalized spacial score (nSPS) is 13.6. The number of ketones is 1. The molecule has 0 radical (unpaired) electrons. The molecule has 126 valence electrons. The standard InChI is InChI=1S/C20H25N3O/c1-20(2,3)12-14(24)13-22-18-11-19(17-8-4-5-10-21-17)23-16-9-6-7-15(16)18/h4-5,8,10-11H,6-7,9,12-13H2,1-3H3,(H,22,23). The first-order chi connectivity index (χ1) is 11.4. The van der Waals surface area contributed by atoms with Gasteiger partial charge in [0.2, 0.25) is 0 Å². The minimum absolute atomic E-state index is 0.0259. The zero-order valence-corrected chi connectivity index (χ0v) is 14.7. The van der Waals surface area contributed by atoms with Crippen LogP contribution in [0.2, 0.25) is 0 Å². The SMILES string of the molecule is CC(C)(C)CC(=O)CNc1cc(-c2ccccn2)nc2c1CCC2. The molecule has 2 heterocycles. The topological polar surface area (TPSA) is 54.9 Å². The number of anilines is 1. The van der Waals surface area contributed by atoms with Gasteiger partial charge in [-0.1, -0.05) is 26.8 Å². The third-order valence-electron chi connectivity index (χ3n) is 4.18. The molecular formula is C20H25N3O. The van der Waals surface area contributed by atoms with Crippen molar-refractivity contribution in [3.8, 4) is 11.4 Å². The van der Waals surface area contributed by atoms with Gasteiger partial charge in [-0.05, 0) is 48.4 Å². The molecule has 0 aromatic carbocycles. The number of hydrogen-bond acceptors (Lipinski definition) is 4. The first kappa shape index (κ1) is 16.6. The van der Waals surface area contributed by atoms with Gasteiger partial charge in [-0.2, -0.15) is 0 Å². The van der Waals surface area contributed by atoms with Crippen LogP contribution in [0.5, 0.6) is 0 Å². The van der Waals surface area contributed by atoms with Crippen LogP contribution in [0.4, 0.5) is 5.69 Å². The average molecular weight is 323 g/mol. The first-order valence-corrected chi connectivity index (χ1v) is 8.62. The van der Waals surface area contributed by atoms with Gasteiger partial charge < -0.3 is 5.32 Å². The van der Waals surface area contributed by atoms with Gasteiger partial charge in [0.25, 0.3) is 0 Å². The van der Waals surface area contributed by atoms with Crippen molar-refractivity contribution in [2.24, 2.45) is 5.41 Å². The Morgan fingerprint density at radius 1 is 1.21 bits per heavy atom. The van der Waals surface area contributed by atoms with Gasteiger partial charge in [-0.15, -0.1) is 0 Å². The molecule has 1 N–H and O–H groups in total. The zero-order chi connectivity index (χ0) is 17.2. The smallest absolute Gasteiger partial charge is 0.152 e. The molecule has 0 saturated heterocycles. The van der Waals surface area contributed by atoms with E-state index >= 15 is 0 Å². The summed E-state index contributed by atoms with van der Waals surface area (Å²) >= 11 is 0. The number of aryl methyl sites for hydroxylation is 1. The van der Waals surface area contributed by atoms with Gasteiger partial charge >= 0.3 is 0 Å². The molecule has 0 aliphatic heterocycles. The Morgan fingerprint density at radius 2 is 2.04 bits per heavy atom. The van der Waals surface area contributed by atoms with Crippen LogP contribution < -0.4 is 5.32 Å². The van der Waals surface area contributed by atoms with Crippen LogP contribution in [-0.2, 0) is 17.6 Å². The number of carbonyl (C=O) groups excluding carboxylic acids is 1. The van der Waals surface area contributed by atoms with Crippen molar-refractivity contribution in [2.45, 2.75) is 46.5 Å². The van der Waals surface area contributed by atoms with E-state index in [0.29, 0.717) is 13.0 Å². The summed E-state index contributed by atoms with van der Waals surface area (Å²) in [6.45, 7) is 6.64. The van der Waals surface area contributed by atoms with Crippen molar-refractivity contribution in [1.29, 1.82) is 0 Å². The molecule has 0 spiro atoms. The van der Waals surface area contributed by atoms with E-state index in [1.165, 1.54) is 5.56 Å². The summed E-state index contributed by atoms with van der Waals surface area (Å²) in [5.41, 5.74) is 5.22. The van der Waals surface area contributed by atoms with Gasteiger partial charge in [-0.3, -0.25) is 14.8 Å². The molecule has 0 fully saturated rings. The number of nitrogens with one attached hydrogen (secondary N) is 1. The third kappa shape index (κ3) is 3.99. The van der Waals surface area contributed by atoms with Gasteiger partial charge in [0.05, 0.1) is 17.9 Å². The molecule has 2 aromatic rings. The summed E-state index contributed by atoms with van der Waals surface area (Å²) in [5, 5.41) is 3.36. The van der Waals surface area contributed by atoms with E-state index in [1.54, 1.807) is 6.20 Å². The lowest BCUT2D eigenvalue weighted by Gasteiger charge is -2.18. The van der Waals surface area contributed by atoms with Crippen LogP contribution in [0.3, 0.4) is 0 Å². The quantitative estimate of drug-likeness (QED) is 0.902. The Hall–Kier alpha value is -2.23. The molecule has 0 saturated carbocycles. The first-order valence-electron chi connectivity index (χ1n) is 8.62. The molecule has 24 heavy (non-hydrogen) atoms. The lowest BCUT2D eigenvalue weighted by molar-refractivity contribution is -0.119. The van der Waals surface area contributed by atoms with Crippen LogP contribution in [0.1, 0.15) is 44.9 Å². The van der Waals surface area contributed by atoms with E-state index in [9.17, 15) is 4.79 Å². The van der Waals surface area contributed by atoms with Crippen LogP contribution in [0, 0.1) is 5.41 Å².